The number of aromatic nitrogens is 1. The van der Waals surface area contributed by atoms with Crippen LogP contribution in [0.4, 0.5) is 11.4 Å². The summed E-state index contributed by atoms with van der Waals surface area (Å²) in [6.45, 7) is 3.21. The van der Waals surface area contributed by atoms with Crippen LogP contribution in [0.25, 0.3) is 10.8 Å². The van der Waals surface area contributed by atoms with Crippen molar-refractivity contribution >= 4 is 22.1 Å². The molecule has 16 heavy (non-hydrogen) atoms. The maximum Gasteiger partial charge on any atom is 0.0460 e. The van der Waals surface area contributed by atoms with Crippen LogP contribution in [-0.2, 0) is 0 Å². The van der Waals surface area contributed by atoms with Crippen LogP contribution in [-0.4, -0.2) is 18.6 Å². The zero-order valence-corrected chi connectivity index (χ0v) is 9.77. The lowest BCUT2D eigenvalue weighted by Crippen LogP contribution is -2.18. The predicted molar refractivity (Wildman–Crippen MR) is 69.7 cm³/mol. The molecule has 0 fully saturated rings. The molecule has 0 spiro atoms. The molecule has 2 N–H and O–H groups in total. The Kier molecular flexibility index (Phi) is 2.95. The Morgan fingerprint density at radius 3 is 2.81 bits per heavy atom. The number of fused-ring (bicyclic) bond motifs is 1. The Labute approximate surface area is 95.9 Å². The molecular formula is C13H17N3. The Hall–Kier alpha value is -1.77. The van der Waals surface area contributed by atoms with Gasteiger partial charge < -0.3 is 10.6 Å². The number of nitrogen functional groups attached to an aromatic ring is 1. The molecule has 0 saturated heterocycles. The first kappa shape index (κ1) is 10.7. The SMILES string of the molecule is CCCN(C)c1ccc(N)c2ccncc12. The maximum atomic E-state index is 5.95. The van der Waals surface area contributed by atoms with Gasteiger partial charge in [-0.3, -0.25) is 4.98 Å². The third kappa shape index (κ3) is 1.81. The van der Waals surface area contributed by atoms with Gasteiger partial charge in [0.2, 0.25) is 0 Å². The molecule has 3 heteroatoms. The van der Waals surface area contributed by atoms with Gasteiger partial charge >= 0.3 is 0 Å². The summed E-state index contributed by atoms with van der Waals surface area (Å²) < 4.78 is 0. The van der Waals surface area contributed by atoms with Crippen LogP contribution in [0.1, 0.15) is 13.3 Å². The topological polar surface area (TPSA) is 42.1 Å². The van der Waals surface area contributed by atoms with Crippen molar-refractivity contribution in [1.29, 1.82) is 0 Å². The van der Waals surface area contributed by atoms with Crippen molar-refractivity contribution in [1.82, 2.24) is 4.98 Å². The Balaban J connectivity index is 2.58. The molecule has 2 rings (SSSR count). The van der Waals surface area contributed by atoms with E-state index in [0.717, 1.165) is 29.4 Å². The molecule has 0 amide bonds. The summed E-state index contributed by atoms with van der Waals surface area (Å²) in [5.41, 5.74) is 7.96. The average molecular weight is 215 g/mol. The van der Waals surface area contributed by atoms with E-state index in [1.807, 2.05) is 18.3 Å². The zero-order chi connectivity index (χ0) is 11.5. The molecular weight excluding hydrogens is 198 g/mol. The highest BCUT2D eigenvalue weighted by atomic mass is 15.1. The normalized spacial score (nSPS) is 10.6. The second kappa shape index (κ2) is 4.39. The highest BCUT2D eigenvalue weighted by Crippen LogP contribution is 2.29. The molecule has 84 valence electrons. The first-order chi connectivity index (χ1) is 7.74. The number of hydrogen-bond acceptors (Lipinski definition) is 3. The van der Waals surface area contributed by atoms with E-state index in [4.69, 9.17) is 5.73 Å². The summed E-state index contributed by atoms with van der Waals surface area (Å²) in [6, 6.07) is 5.99. The quantitative estimate of drug-likeness (QED) is 0.800. The maximum absolute atomic E-state index is 5.95. The summed E-state index contributed by atoms with van der Waals surface area (Å²) in [5.74, 6) is 0. The van der Waals surface area contributed by atoms with E-state index < -0.39 is 0 Å². The standard InChI is InChI=1S/C13H17N3/c1-3-8-16(2)13-5-4-12(14)10-6-7-15-9-11(10)13/h4-7,9H,3,8,14H2,1-2H3. The molecule has 0 aliphatic rings. The van der Waals surface area contributed by atoms with Gasteiger partial charge in [-0.15, -0.1) is 0 Å². The van der Waals surface area contributed by atoms with E-state index in [-0.39, 0.29) is 0 Å². The van der Waals surface area contributed by atoms with Crippen molar-refractivity contribution in [2.75, 3.05) is 24.2 Å². The van der Waals surface area contributed by atoms with Crippen LogP contribution in [0.2, 0.25) is 0 Å². The smallest absolute Gasteiger partial charge is 0.0460 e. The molecule has 0 saturated carbocycles. The van der Waals surface area contributed by atoms with E-state index in [0.29, 0.717) is 0 Å². The van der Waals surface area contributed by atoms with Gasteiger partial charge in [0.1, 0.15) is 0 Å². The molecule has 1 aromatic heterocycles. The number of nitrogens with two attached hydrogens (primary N) is 1. The summed E-state index contributed by atoms with van der Waals surface area (Å²) in [7, 11) is 2.10. The minimum Gasteiger partial charge on any atom is -0.398 e. The number of benzene rings is 1. The second-order valence-electron chi connectivity index (χ2n) is 4.02. The molecule has 0 aliphatic heterocycles. The molecule has 0 atom stereocenters. The van der Waals surface area contributed by atoms with Crippen LogP contribution in [0.5, 0.6) is 0 Å². The summed E-state index contributed by atoms with van der Waals surface area (Å²) >= 11 is 0. The number of rotatable bonds is 3. The third-order valence-electron chi connectivity index (χ3n) is 2.80. The fraction of sp³-hybridized carbons (Fsp3) is 0.308. The third-order valence-corrected chi connectivity index (χ3v) is 2.80. The van der Waals surface area contributed by atoms with Crippen molar-refractivity contribution in [3.8, 4) is 0 Å². The Morgan fingerprint density at radius 2 is 2.06 bits per heavy atom. The van der Waals surface area contributed by atoms with E-state index in [1.54, 1.807) is 6.20 Å². The second-order valence-corrected chi connectivity index (χ2v) is 4.02. The van der Waals surface area contributed by atoms with E-state index >= 15 is 0 Å². The minimum atomic E-state index is 0.811. The highest BCUT2D eigenvalue weighted by molar-refractivity contribution is 6.00. The predicted octanol–water partition coefficient (Wildman–Crippen LogP) is 2.66. The number of nitrogens with zero attached hydrogens (tertiary/aromatic N) is 2. The zero-order valence-electron chi connectivity index (χ0n) is 9.77. The van der Waals surface area contributed by atoms with E-state index in [2.05, 4.69) is 29.9 Å². The molecule has 0 radical (unpaired) electrons. The van der Waals surface area contributed by atoms with Gasteiger partial charge in [-0.2, -0.15) is 0 Å². The van der Waals surface area contributed by atoms with E-state index in [1.165, 1.54) is 5.69 Å². The number of anilines is 2. The lowest BCUT2D eigenvalue weighted by Gasteiger charge is -2.20. The first-order valence-electron chi connectivity index (χ1n) is 5.57. The molecule has 0 unspecified atom stereocenters. The van der Waals surface area contributed by atoms with Crippen LogP contribution in [0.3, 0.4) is 0 Å². The largest absolute Gasteiger partial charge is 0.398 e. The molecule has 0 aliphatic carbocycles. The van der Waals surface area contributed by atoms with Gasteiger partial charge in [0.25, 0.3) is 0 Å². The average Bonchev–Trinajstić information content (AvgIpc) is 2.30. The fourth-order valence-corrected chi connectivity index (χ4v) is 1.99. The number of pyridine rings is 1. The monoisotopic (exact) mass is 215 g/mol. The van der Waals surface area contributed by atoms with Gasteiger partial charge in [-0.25, -0.2) is 0 Å². The first-order valence-corrected chi connectivity index (χ1v) is 5.57. The Morgan fingerprint density at radius 1 is 1.25 bits per heavy atom. The number of hydrogen-bond donors (Lipinski definition) is 1. The molecule has 0 bridgehead atoms. The fourth-order valence-electron chi connectivity index (χ4n) is 1.99. The van der Waals surface area contributed by atoms with Crippen LogP contribution in [0, 0.1) is 0 Å². The van der Waals surface area contributed by atoms with Crippen LogP contribution in [0.15, 0.2) is 30.6 Å². The van der Waals surface area contributed by atoms with E-state index in [9.17, 15) is 0 Å². The van der Waals surface area contributed by atoms with Crippen molar-refractivity contribution < 1.29 is 0 Å². The molecule has 3 nitrogen and oxygen atoms in total. The lowest BCUT2D eigenvalue weighted by molar-refractivity contribution is 0.855. The lowest BCUT2D eigenvalue weighted by atomic mass is 10.1. The molecule has 2 aromatic rings. The van der Waals surface area contributed by atoms with Gasteiger partial charge in [-0.1, -0.05) is 6.92 Å². The summed E-state index contributed by atoms with van der Waals surface area (Å²) in [6.07, 6.45) is 4.79. The van der Waals surface area contributed by atoms with Crippen molar-refractivity contribution in [2.24, 2.45) is 0 Å². The van der Waals surface area contributed by atoms with Gasteiger partial charge in [0, 0.05) is 48.1 Å². The summed E-state index contributed by atoms with van der Waals surface area (Å²) in [5, 5.41) is 2.20. The van der Waals surface area contributed by atoms with Crippen molar-refractivity contribution in [3.63, 3.8) is 0 Å². The van der Waals surface area contributed by atoms with Crippen molar-refractivity contribution in [3.05, 3.63) is 30.6 Å². The van der Waals surface area contributed by atoms with Crippen LogP contribution < -0.4 is 10.6 Å². The minimum absolute atomic E-state index is 0.811. The molecule has 1 heterocycles. The van der Waals surface area contributed by atoms with Gasteiger partial charge in [-0.05, 0) is 24.6 Å². The summed E-state index contributed by atoms with van der Waals surface area (Å²) in [4.78, 5) is 6.41. The Bertz CT molecular complexity index is 494. The van der Waals surface area contributed by atoms with Gasteiger partial charge in [0.05, 0.1) is 0 Å². The molecule has 1 aromatic carbocycles. The van der Waals surface area contributed by atoms with Gasteiger partial charge in [0.15, 0.2) is 0 Å². The van der Waals surface area contributed by atoms with Crippen LogP contribution >= 0.6 is 0 Å². The van der Waals surface area contributed by atoms with Crippen molar-refractivity contribution in [2.45, 2.75) is 13.3 Å². The highest BCUT2D eigenvalue weighted by Gasteiger charge is 2.07.